The van der Waals surface area contributed by atoms with Gasteiger partial charge in [0.1, 0.15) is 6.79 Å². The molecule has 0 aromatic heterocycles. The molecule has 2 aromatic carbocycles. The molecule has 0 fully saturated rings. The smallest absolute Gasteiger partial charge is 0.338 e. The summed E-state index contributed by atoms with van der Waals surface area (Å²) in [5, 5.41) is 23.5. The van der Waals surface area contributed by atoms with Gasteiger partial charge in [0.05, 0.1) is 32.3 Å². The Labute approximate surface area is 214 Å². The molecule has 7 nitrogen and oxygen atoms in total. The first-order valence-electron chi connectivity index (χ1n) is 12.1. The second kappa shape index (κ2) is 11.8. The highest BCUT2D eigenvalue weighted by Crippen LogP contribution is 2.40. The average molecular weight is 515 g/mol. The molecule has 1 aliphatic carbocycles. The molecule has 3 atom stereocenters. The monoisotopic (exact) mass is 514 g/mol. The molecular formula is C28H38O7Si. The van der Waals surface area contributed by atoms with Crippen LogP contribution in [0.1, 0.15) is 27.2 Å². The van der Waals surface area contributed by atoms with E-state index in [2.05, 4.69) is 45.0 Å². The van der Waals surface area contributed by atoms with Crippen LogP contribution in [0, 0.1) is 5.92 Å². The maximum absolute atomic E-state index is 12.7. The topological polar surface area (TPSA) is 94.5 Å². The van der Waals surface area contributed by atoms with E-state index in [4.69, 9.17) is 18.6 Å². The van der Waals surface area contributed by atoms with Crippen LogP contribution in [0.5, 0.6) is 0 Å². The molecule has 0 saturated heterocycles. The van der Waals surface area contributed by atoms with Gasteiger partial charge >= 0.3 is 5.97 Å². The van der Waals surface area contributed by atoms with Gasteiger partial charge < -0.3 is 28.8 Å². The zero-order valence-electron chi connectivity index (χ0n) is 21.8. The lowest BCUT2D eigenvalue weighted by atomic mass is 9.74. The van der Waals surface area contributed by atoms with E-state index < -0.39 is 38.5 Å². The molecule has 0 spiro atoms. The Bertz CT molecular complexity index is 980. The van der Waals surface area contributed by atoms with Gasteiger partial charge in [-0.15, -0.1) is 0 Å². The van der Waals surface area contributed by atoms with E-state index in [1.54, 1.807) is 0 Å². The van der Waals surface area contributed by atoms with Crippen LogP contribution in [-0.2, 0) is 23.4 Å². The Morgan fingerprint density at radius 3 is 2.03 bits per heavy atom. The van der Waals surface area contributed by atoms with Gasteiger partial charge in [-0.1, -0.05) is 87.5 Å². The van der Waals surface area contributed by atoms with E-state index in [1.165, 1.54) is 14.2 Å². The molecule has 0 saturated carbocycles. The Kier molecular flexibility index (Phi) is 9.26. The number of ether oxygens (including phenoxy) is 3. The van der Waals surface area contributed by atoms with E-state index in [0.717, 1.165) is 10.4 Å². The van der Waals surface area contributed by atoms with Crippen LogP contribution in [0.3, 0.4) is 0 Å². The highest BCUT2D eigenvalue weighted by atomic mass is 28.4. The van der Waals surface area contributed by atoms with Crippen molar-refractivity contribution in [1.82, 2.24) is 0 Å². The normalized spacial score (nSPS) is 22.7. The second-order valence-corrected chi connectivity index (χ2v) is 14.5. The Hall–Kier alpha value is -2.33. The molecule has 0 heterocycles. The first-order valence-corrected chi connectivity index (χ1v) is 14.0. The van der Waals surface area contributed by atoms with Crippen molar-refractivity contribution in [1.29, 1.82) is 0 Å². The van der Waals surface area contributed by atoms with Gasteiger partial charge in [-0.25, -0.2) is 4.79 Å². The first kappa shape index (κ1) is 28.2. The van der Waals surface area contributed by atoms with Crippen molar-refractivity contribution in [2.24, 2.45) is 5.92 Å². The van der Waals surface area contributed by atoms with Crippen LogP contribution < -0.4 is 10.4 Å². The number of carbonyl (C=O) groups is 1. The van der Waals surface area contributed by atoms with Crippen molar-refractivity contribution < 1.29 is 33.6 Å². The summed E-state index contributed by atoms with van der Waals surface area (Å²) in [6.45, 7) is 6.22. The minimum atomic E-state index is -2.84. The van der Waals surface area contributed by atoms with Crippen LogP contribution in [0.2, 0.25) is 5.04 Å². The van der Waals surface area contributed by atoms with Crippen molar-refractivity contribution in [2.75, 3.05) is 34.2 Å². The minimum Gasteiger partial charge on any atom is -0.467 e. The van der Waals surface area contributed by atoms with Gasteiger partial charge in [0.15, 0.2) is 5.60 Å². The van der Waals surface area contributed by atoms with Gasteiger partial charge in [-0.05, 0) is 21.0 Å². The minimum absolute atomic E-state index is 0.0318. The highest BCUT2D eigenvalue weighted by molar-refractivity contribution is 6.99. The summed E-state index contributed by atoms with van der Waals surface area (Å²) < 4.78 is 22.7. The van der Waals surface area contributed by atoms with Crippen LogP contribution in [0.15, 0.2) is 72.3 Å². The summed E-state index contributed by atoms with van der Waals surface area (Å²) in [4.78, 5) is 12.7. The van der Waals surface area contributed by atoms with Crippen molar-refractivity contribution in [2.45, 2.75) is 43.9 Å². The fourth-order valence-corrected chi connectivity index (χ4v) is 9.74. The standard InChI is InChI=1S/C28H38O7Si/c1-27(2,3)36(22-12-8-6-9-13-22,23-14-10-7-11-15-23)35-19-21-16-25(34-20-32-4)24(18-29)28(31,17-21)26(30)33-5/h6-16,24-25,29,31H,17-20H2,1-5H3/t24?,25-,28-/m0/s1. The van der Waals surface area contributed by atoms with E-state index >= 15 is 0 Å². The summed E-state index contributed by atoms with van der Waals surface area (Å²) in [5.41, 5.74) is -1.26. The number of hydrogen-bond donors (Lipinski definition) is 2. The molecular weight excluding hydrogens is 476 g/mol. The molecule has 2 aromatic rings. The zero-order chi connectivity index (χ0) is 26.4. The largest absolute Gasteiger partial charge is 0.467 e. The van der Waals surface area contributed by atoms with E-state index in [0.29, 0.717) is 5.57 Å². The van der Waals surface area contributed by atoms with E-state index in [1.807, 2.05) is 42.5 Å². The molecule has 0 bridgehead atoms. The number of methoxy groups -OCH3 is 2. The number of aliphatic hydroxyl groups excluding tert-OH is 1. The molecule has 0 radical (unpaired) electrons. The summed E-state index contributed by atoms with van der Waals surface area (Å²) >= 11 is 0. The number of rotatable bonds is 10. The lowest BCUT2D eigenvalue weighted by Gasteiger charge is -2.44. The highest BCUT2D eigenvalue weighted by Gasteiger charge is 2.53. The second-order valence-electron chi connectivity index (χ2n) is 10.2. The van der Waals surface area contributed by atoms with Gasteiger partial charge in [-0.3, -0.25) is 0 Å². The number of hydrogen-bond acceptors (Lipinski definition) is 7. The molecule has 3 rings (SSSR count). The van der Waals surface area contributed by atoms with E-state index in [-0.39, 0.29) is 24.9 Å². The molecule has 2 N–H and O–H groups in total. The first-order chi connectivity index (χ1) is 17.1. The Morgan fingerprint density at radius 2 is 1.58 bits per heavy atom. The number of aliphatic hydroxyl groups is 2. The summed E-state index contributed by atoms with van der Waals surface area (Å²) in [6.07, 6.45) is 1.04. The van der Waals surface area contributed by atoms with Crippen LogP contribution in [-0.4, -0.2) is 70.4 Å². The molecule has 1 aliphatic rings. The van der Waals surface area contributed by atoms with Gasteiger partial charge in [0.2, 0.25) is 0 Å². The van der Waals surface area contributed by atoms with Gasteiger partial charge in [-0.2, -0.15) is 0 Å². The van der Waals surface area contributed by atoms with Crippen molar-refractivity contribution >= 4 is 24.7 Å². The molecule has 0 amide bonds. The van der Waals surface area contributed by atoms with Crippen molar-refractivity contribution in [3.05, 3.63) is 72.3 Å². The summed E-state index contributed by atoms with van der Waals surface area (Å²) in [7, 11) is -0.136. The lowest BCUT2D eigenvalue weighted by molar-refractivity contribution is -0.185. The number of esters is 1. The van der Waals surface area contributed by atoms with Crippen molar-refractivity contribution in [3.8, 4) is 0 Å². The third-order valence-corrected chi connectivity index (χ3v) is 11.9. The zero-order valence-corrected chi connectivity index (χ0v) is 22.8. The SMILES string of the molecule is COCO[C@H]1C=C(CO[Si](c2ccccc2)(c2ccccc2)C(C)(C)C)C[C@@](O)(C(=O)OC)C1CO. The molecule has 36 heavy (non-hydrogen) atoms. The van der Waals surface area contributed by atoms with Crippen LogP contribution in [0.25, 0.3) is 0 Å². The van der Waals surface area contributed by atoms with Gasteiger partial charge in [0, 0.05) is 13.5 Å². The summed E-state index contributed by atoms with van der Waals surface area (Å²) in [5.74, 6) is -1.72. The predicted molar refractivity (Wildman–Crippen MR) is 141 cm³/mol. The molecule has 196 valence electrons. The third-order valence-electron chi connectivity index (χ3n) is 6.91. The van der Waals surface area contributed by atoms with Crippen molar-refractivity contribution in [3.63, 3.8) is 0 Å². The maximum atomic E-state index is 12.7. The summed E-state index contributed by atoms with van der Waals surface area (Å²) in [6, 6.07) is 20.5. The van der Waals surface area contributed by atoms with Crippen LogP contribution in [0.4, 0.5) is 0 Å². The van der Waals surface area contributed by atoms with Crippen LogP contribution >= 0.6 is 0 Å². The molecule has 1 unspecified atom stereocenters. The fraction of sp³-hybridized carbons (Fsp3) is 0.464. The number of benzene rings is 2. The quantitative estimate of drug-likeness (QED) is 0.218. The average Bonchev–Trinajstić information content (AvgIpc) is 2.87. The van der Waals surface area contributed by atoms with Gasteiger partial charge in [0.25, 0.3) is 8.32 Å². The lowest BCUT2D eigenvalue weighted by Crippen LogP contribution is -2.66. The molecule has 0 aliphatic heterocycles. The predicted octanol–water partition coefficient (Wildman–Crippen LogP) is 2.39. The fourth-order valence-electron chi connectivity index (χ4n) is 5.18. The third kappa shape index (κ3) is 5.49. The number of carbonyl (C=O) groups excluding carboxylic acids is 1. The van der Waals surface area contributed by atoms with E-state index in [9.17, 15) is 15.0 Å². The Morgan fingerprint density at radius 1 is 1.03 bits per heavy atom. The Balaban J connectivity index is 2.06. The molecule has 8 heteroatoms. The maximum Gasteiger partial charge on any atom is 0.338 e.